The lowest BCUT2D eigenvalue weighted by molar-refractivity contribution is 0.483. The molecule has 0 unspecified atom stereocenters. The number of rotatable bonds is 4. The molecule has 0 N–H and O–H groups in total. The SMILES string of the molecule is CCn1nc(-c2cccc(Oc3ccccc3)c2)nc2c(=O)n(C)c(=O)nc1-2. The lowest BCUT2D eigenvalue weighted by Crippen LogP contribution is -2.37. The van der Waals surface area contributed by atoms with Crippen LogP contribution in [0, 0.1) is 0 Å². The number of benzene rings is 2. The van der Waals surface area contributed by atoms with Crippen LogP contribution in [0.25, 0.3) is 22.9 Å². The van der Waals surface area contributed by atoms with Crippen LogP contribution in [0.2, 0.25) is 0 Å². The van der Waals surface area contributed by atoms with Gasteiger partial charge in [-0.25, -0.2) is 14.5 Å². The molecule has 4 rings (SSSR count). The number of hydrogen-bond acceptors (Lipinski definition) is 6. The van der Waals surface area contributed by atoms with Crippen molar-refractivity contribution in [3.05, 3.63) is 75.4 Å². The lowest BCUT2D eigenvalue weighted by atomic mass is 10.2. The zero-order chi connectivity index (χ0) is 19.7. The quantitative estimate of drug-likeness (QED) is 0.544. The largest absolute Gasteiger partial charge is 0.457 e. The van der Waals surface area contributed by atoms with Gasteiger partial charge in [0.1, 0.15) is 11.5 Å². The molecule has 0 fully saturated rings. The van der Waals surface area contributed by atoms with Gasteiger partial charge in [-0.2, -0.15) is 10.1 Å². The van der Waals surface area contributed by atoms with E-state index in [0.29, 0.717) is 29.4 Å². The number of nitrogens with zero attached hydrogens (tertiary/aromatic N) is 5. The van der Waals surface area contributed by atoms with Crippen LogP contribution in [0.4, 0.5) is 0 Å². The van der Waals surface area contributed by atoms with E-state index in [4.69, 9.17) is 4.74 Å². The van der Waals surface area contributed by atoms with Gasteiger partial charge in [0, 0.05) is 19.2 Å². The van der Waals surface area contributed by atoms with Gasteiger partial charge in [0.2, 0.25) is 0 Å². The molecule has 0 spiro atoms. The van der Waals surface area contributed by atoms with Gasteiger partial charge in [-0.1, -0.05) is 30.3 Å². The van der Waals surface area contributed by atoms with Gasteiger partial charge < -0.3 is 4.74 Å². The Bertz CT molecular complexity index is 1230. The molecule has 0 bridgehead atoms. The first kappa shape index (κ1) is 17.6. The summed E-state index contributed by atoms with van der Waals surface area (Å²) in [6.45, 7) is 2.29. The van der Waals surface area contributed by atoms with Gasteiger partial charge in [-0.15, -0.1) is 0 Å². The molecule has 0 saturated carbocycles. The van der Waals surface area contributed by atoms with E-state index in [2.05, 4.69) is 15.1 Å². The summed E-state index contributed by atoms with van der Waals surface area (Å²) in [6, 6.07) is 16.7. The van der Waals surface area contributed by atoms with Crippen molar-refractivity contribution in [1.82, 2.24) is 24.3 Å². The normalized spacial score (nSPS) is 10.9. The zero-order valence-electron chi connectivity index (χ0n) is 15.4. The molecule has 0 aromatic heterocycles. The molecule has 2 aliphatic heterocycles. The highest BCUT2D eigenvalue weighted by atomic mass is 16.5. The Balaban J connectivity index is 1.83. The van der Waals surface area contributed by atoms with Gasteiger partial charge in [0.15, 0.2) is 17.3 Å². The average molecular weight is 375 g/mol. The monoisotopic (exact) mass is 375 g/mol. The molecule has 8 nitrogen and oxygen atoms in total. The van der Waals surface area contributed by atoms with Crippen LogP contribution < -0.4 is 16.0 Å². The van der Waals surface area contributed by atoms with E-state index in [1.807, 2.05) is 55.5 Å². The molecule has 2 heterocycles. The summed E-state index contributed by atoms with van der Waals surface area (Å²) in [6.07, 6.45) is 0. The Kier molecular flexibility index (Phi) is 4.44. The molecule has 0 aliphatic carbocycles. The number of hydrogen-bond donors (Lipinski definition) is 0. The number of aromatic nitrogens is 5. The average Bonchev–Trinajstić information content (AvgIpc) is 2.72. The van der Waals surface area contributed by atoms with Crippen molar-refractivity contribution < 1.29 is 4.74 Å². The van der Waals surface area contributed by atoms with Crippen molar-refractivity contribution >= 4 is 0 Å². The van der Waals surface area contributed by atoms with E-state index in [1.165, 1.54) is 11.7 Å². The fourth-order valence-electron chi connectivity index (χ4n) is 2.79. The van der Waals surface area contributed by atoms with E-state index in [0.717, 1.165) is 4.57 Å². The number of fused-ring (bicyclic) bond motifs is 1. The summed E-state index contributed by atoms with van der Waals surface area (Å²) < 4.78 is 8.30. The molecule has 2 aromatic carbocycles. The maximum Gasteiger partial charge on any atom is 0.352 e. The predicted octanol–water partition coefficient (Wildman–Crippen LogP) is 2.32. The summed E-state index contributed by atoms with van der Waals surface area (Å²) in [5, 5.41) is 4.45. The summed E-state index contributed by atoms with van der Waals surface area (Å²) >= 11 is 0. The van der Waals surface area contributed by atoms with Crippen molar-refractivity contribution in [1.29, 1.82) is 0 Å². The Morgan fingerprint density at radius 2 is 1.71 bits per heavy atom. The van der Waals surface area contributed by atoms with E-state index in [9.17, 15) is 9.59 Å². The standard InChI is InChI=1S/C20H17N5O3/c1-3-25-18-16(19(26)24(2)20(27)22-18)21-17(23-25)13-8-7-11-15(12-13)28-14-9-5-4-6-10-14/h4-12H,3H2,1-2H3. The highest BCUT2D eigenvalue weighted by Crippen LogP contribution is 2.26. The Morgan fingerprint density at radius 3 is 2.46 bits per heavy atom. The summed E-state index contributed by atoms with van der Waals surface area (Å²) in [4.78, 5) is 32.7. The molecular weight excluding hydrogens is 358 g/mol. The molecule has 140 valence electrons. The second-order valence-electron chi connectivity index (χ2n) is 6.12. The van der Waals surface area contributed by atoms with Gasteiger partial charge in [-0.3, -0.25) is 9.36 Å². The second kappa shape index (κ2) is 7.07. The molecule has 2 aliphatic rings. The highest BCUT2D eigenvalue weighted by molar-refractivity contribution is 5.61. The topological polar surface area (TPSA) is 91.9 Å². The van der Waals surface area contributed by atoms with Gasteiger partial charge in [0.25, 0.3) is 5.56 Å². The molecule has 2 aromatic rings. The number of ether oxygens (including phenoxy) is 1. The van der Waals surface area contributed by atoms with Crippen LogP contribution >= 0.6 is 0 Å². The third-order valence-corrected chi connectivity index (χ3v) is 4.26. The number of aryl methyl sites for hydroxylation is 1. The van der Waals surface area contributed by atoms with Crippen LogP contribution in [0.5, 0.6) is 11.5 Å². The first-order valence-corrected chi connectivity index (χ1v) is 8.76. The van der Waals surface area contributed by atoms with Crippen LogP contribution in [0.3, 0.4) is 0 Å². The summed E-state index contributed by atoms with van der Waals surface area (Å²) in [5.41, 5.74) is -0.346. The lowest BCUT2D eigenvalue weighted by Gasteiger charge is -2.13. The molecule has 0 amide bonds. The maximum absolute atomic E-state index is 12.5. The summed E-state index contributed by atoms with van der Waals surface area (Å²) in [5.74, 6) is 1.86. The van der Waals surface area contributed by atoms with Crippen molar-refractivity contribution in [3.8, 4) is 34.4 Å². The van der Waals surface area contributed by atoms with Gasteiger partial charge in [-0.05, 0) is 31.2 Å². The van der Waals surface area contributed by atoms with Crippen LogP contribution in [0.15, 0.2) is 64.2 Å². The number of para-hydroxylation sites is 1. The fourth-order valence-corrected chi connectivity index (χ4v) is 2.79. The Labute approximate surface area is 160 Å². The zero-order valence-corrected chi connectivity index (χ0v) is 15.4. The third kappa shape index (κ3) is 3.16. The third-order valence-electron chi connectivity index (χ3n) is 4.26. The molecule has 8 heteroatoms. The van der Waals surface area contributed by atoms with Crippen molar-refractivity contribution in [3.63, 3.8) is 0 Å². The molecule has 0 saturated heterocycles. The van der Waals surface area contributed by atoms with Crippen molar-refractivity contribution in [2.45, 2.75) is 13.5 Å². The predicted molar refractivity (Wildman–Crippen MR) is 104 cm³/mol. The molecular formula is C20H17N5O3. The minimum absolute atomic E-state index is 0.100. The highest BCUT2D eigenvalue weighted by Gasteiger charge is 2.20. The smallest absolute Gasteiger partial charge is 0.352 e. The van der Waals surface area contributed by atoms with Crippen molar-refractivity contribution in [2.24, 2.45) is 7.05 Å². The van der Waals surface area contributed by atoms with E-state index in [-0.39, 0.29) is 11.5 Å². The van der Waals surface area contributed by atoms with Crippen LogP contribution in [0.1, 0.15) is 6.92 Å². The molecule has 0 radical (unpaired) electrons. The first-order valence-electron chi connectivity index (χ1n) is 8.76. The second-order valence-corrected chi connectivity index (χ2v) is 6.12. The summed E-state index contributed by atoms with van der Waals surface area (Å²) in [7, 11) is 1.38. The van der Waals surface area contributed by atoms with Gasteiger partial charge in [0.05, 0.1) is 0 Å². The molecule has 0 atom stereocenters. The fraction of sp³-hybridized carbons (Fsp3) is 0.150. The van der Waals surface area contributed by atoms with Crippen LogP contribution in [-0.4, -0.2) is 24.3 Å². The van der Waals surface area contributed by atoms with E-state index in [1.54, 1.807) is 6.07 Å². The maximum atomic E-state index is 12.5. The Hall–Kier alpha value is -3.81. The van der Waals surface area contributed by atoms with E-state index < -0.39 is 11.2 Å². The minimum Gasteiger partial charge on any atom is -0.457 e. The van der Waals surface area contributed by atoms with E-state index >= 15 is 0 Å². The first-order chi connectivity index (χ1) is 13.6. The minimum atomic E-state index is -0.630. The van der Waals surface area contributed by atoms with Gasteiger partial charge >= 0.3 is 5.69 Å². The van der Waals surface area contributed by atoms with Crippen molar-refractivity contribution in [2.75, 3.05) is 0 Å². The van der Waals surface area contributed by atoms with Crippen LogP contribution in [-0.2, 0) is 13.6 Å². The Morgan fingerprint density at radius 1 is 0.964 bits per heavy atom. The molecule has 28 heavy (non-hydrogen) atoms.